The highest BCUT2D eigenvalue weighted by Crippen LogP contribution is 2.20. The van der Waals surface area contributed by atoms with Crippen molar-refractivity contribution in [3.8, 4) is 0 Å². The number of aliphatic hydroxyl groups is 2. The minimum atomic E-state index is -0.664. The first-order valence-electron chi connectivity index (χ1n) is 42.7. The zero-order valence-electron chi connectivity index (χ0n) is 63.3. The van der Waals surface area contributed by atoms with E-state index in [0.29, 0.717) is 25.9 Å². The average molecular weight is 1310 g/mol. The molecule has 6 heteroatoms. The molecule has 2 atom stereocenters. The first-order chi connectivity index (χ1) is 46.0. The van der Waals surface area contributed by atoms with E-state index in [9.17, 15) is 19.8 Å². The highest BCUT2D eigenvalue weighted by atomic mass is 16.5. The third-order valence-corrected chi connectivity index (χ3v) is 20.2. The van der Waals surface area contributed by atoms with Gasteiger partial charge in [0.05, 0.1) is 25.4 Å². The van der Waals surface area contributed by atoms with Gasteiger partial charge in [-0.15, -0.1) is 0 Å². The van der Waals surface area contributed by atoms with Crippen molar-refractivity contribution in [2.45, 2.75) is 495 Å². The largest absolute Gasteiger partial charge is 0.466 e. The van der Waals surface area contributed by atoms with Gasteiger partial charge in [-0.1, -0.05) is 423 Å². The van der Waals surface area contributed by atoms with Gasteiger partial charge in [0.25, 0.3) is 0 Å². The Hall–Kier alpha value is -1.92. The molecule has 0 fully saturated rings. The third kappa shape index (κ3) is 79.0. The number of esters is 1. The zero-order valence-corrected chi connectivity index (χ0v) is 63.3. The van der Waals surface area contributed by atoms with Gasteiger partial charge in [-0.25, -0.2) is 0 Å². The maximum absolute atomic E-state index is 12.6. The molecule has 0 saturated carbocycles. The zero-order chi connectivity index (χ0) is 67.0. The van der Waals surface area contributed by atoms with Gasteiger partial charge in [0.1, 0.15) is 0 Å². The number of unbranched alkanes of at least 4 members (excludes halogenated alkanes) is 64. The Morgan fingerprint density at radius 2 is 0.538 bits per heavy atom. The predicted molar refractivity (Wildman–Crippen MR) is 412 cm³/mol. The van der Waals surface area contributed by atoms with Crippen molar-refractivity contribution in [3.05, 3.63) is 36.5 Å². The van der Waals surface area contributed by atoms with Crippen molar-refractivity contribution in [2.75, 3.05) is 13.2 Å². The van der Waals surface area contributed by atoms with Gasteiger partial charge >= 0.3 is 5.97 Å². The lowest BCUT2D eigenvalue weighted by Crippen LogP contribution is -2.45. The Balaban J connectivity index is 3.36. The first-order valence-corrected chi connectivity index (χ1v) is 42.7. The molecule has 0 bridgehead atoms. The minimum absolute atomic E-state index is 0.0117. The molecular formula is C87H167NO5. The summed E-state index contributed by atoms with van der Waals surface area (Å²) in [5.74, 6) is -0.0147. The lowest BCUT2D eigenvalue weighted by molar-refractivity contribution is -0.143. The van der Waals surface area contributed by atoms with Crippen LogP contribution in [-0.2, 0) is 14.3 Å². The molecule has 3 N–H and O–H groups in total. The van der Waals surface area contributed by atoms with Crippen molar-refractivity contribution in [2.24, 2.45) is 0 Å². The minimum Gasteiger partial charge on any atom is -0.466 e. The molecule has 0 aliphatic heterocycles. The topological polar surface area (TPSA) is 95.9 Å². The SMILES string of the molecule is CCCCCCCC/C=C\CCCCCCCC(=O)OCCCCCCCCCCCCCCC/C=C\C/C=C\CCCCCCCCCCCCCCCCCCCC(=O)NC(CO)C(O)CCCCCCCCCCCCCCCCCCCCCCCCCC. The Morgan fingerprint density at radius 1 is 0.301 bits per heavy atom. The molecule has 0 heterocycles. The van der Waals surface area contributed by atoms with Crippen molar-refractivity contribution < 1.29 is 24.5 Å². The molecule has 0 saturated heterocycles. The number of amides is 1. The Labute approximate surface area is 583 Å². The normalized spacial score (nSPS) is 12.6. The maximum atomic E-state index is 12.6. The summed E-state index contributed by atoms with van der Waals surface area (Å²) in [6.07, 6.45) is 108. The van der Waals surface area contributed by atoms with E-state index in [4.69, 9.17) is 4.74 Å². The van der Waals surface area contributed by atoms with E-state index >= 15 is 0 Å². The van der Waals surface area contributed by atoms with Crippen LogP contribution in [0.1, 0.15) is 483 Å². The molecular weight excluding hydrogens is 1140 g/mol. The molecule has 2 unspecified atom stereocenters. The van der Waals surface area contributed by atoms with E-state index in [2.05, 4.69) is 55.6 Å². The lowest BCUT2D eigenvalue weighted by Gasteiger charge is -2.22. The number of hydrogen-bond acceptors (Lipinski definition) is 5. The van der Waals surface area contributed by atoms with Crippen LogP contribution in [0.4, 0.5) is 0 Å². The van der Waals surface area contributed by atoms with Crippen LogP contribution in [0, 0.1) is 0 Å². The Morgan fingerprint density at radius 3 is 0.828 bits per heavy atom. The molecule has 1 amide bonds. The molecule has 550 valence electrons. The lowest BCUT2D eigenvalue weighted by atomic mass is 10.0. The van der Waals surface area contributed by atoms with Crippen LogP contribution < -0.4 is 5.32 Å². The second-order valence-corrected chi connectivity index (χ2v) is 29.5. The van der Waals surface area contributed by atoms with Gasteiger partial charge in [0, 0.05) is 12.8 Å². The summed E-state index contributed by atoms with van der Waals surface area (Å²) in [5.41, 5.74) is 0. The van der Waals surface area contributed by atoms with E-state index < -0.39 is 12.1 Å². The fourth-order valence-electron chi connectivity index (χ4n) is 13.7. The van der Waals surface area contributed by atoms with E-state index in [0.717, 1.165) is 51.4 Å². The van der Waals surface area contributed by atoms with Crippen LogP contribution in [0.3, 0.4) is 0 Å². The molecule has 0 aromatic carbocycles. The van der Waals surface area contributed by atoms with Crippen molar-refractivity contribution in [1.82, 2.24) is 5.32 Å². The van der Waals surface area contributed by atoms with Gasteiger partial charge < -0.3 is 20.3 Å². The fourth-order valence-corrected chi connectivity index (χ4v) is 13.7. The summed E-state index contributed by atoms with van der Waals surface area (Å²) >= 11 is 0. The number of allylic oxidation sites excluding steroid dienone is 6. The monoisotopic (exact) mass is 1310 g/mol. The molecule has 0 aliphatic rings. The summed E-state index contributed by atoms with van der Waals surface area (Å²) in [5, 5.41) is 23.5. The summed E-state index contributed by atoms with van der Waals surface area (Å²) in [6, 6.07) is -0.541. The molecule has 0 rings (SSSR count). The number of hydrogen-bond donors (Lipinski definition) is 3. The van der Waals surface area contributed by atoms with Crippen LogP contribution in [0.5, 0.6) is 0 Å². The number of rotatable bonds is 81. The summed E-state index contributed by atoms with van der Waals surface area (Å²) in [4.78, 5) is 24.7. The molecule has 6 nitrogen and oxygen atoms in total. The molecule has 0 radical (unpaired) electrons. The van der Waals surface area contributed by atoms with E-state index in [1.54, 1.807) is 0 Å². The molecule has 0 aromatic rings. The molecule has 0 spiro atoms. The van der Waals surface area contributed by atoms with Crippen molar-refractivity contribution in [1.29, 1.82) is 0 Å². The summed E-state index contributed by atoms with van der Waals surface area (Å²) in [6.45, 7) is 5.00. The first kappa shape index (κ1) is 91.1. The van der Waals surface area contributed by atoms with E-state index in [1.165, 1.54) is 398 Å². The third-order valence-electron chi connectivity index (χ3n) is 20.2. The van der Waals surface area contributed by atoms with Crippen LogP contribution in [0.15, 0.2) is 36.5 Å². The van der Waals surface area contributed by atoms with Gasteiger partial charge in [0.15, 0.2) is 0 Å². The van der Waals surface area contributed by atoms with Gasteiger partial charge in [-0.2, -0.15) is 0 Å². The number of carbonyl (C=O) groups excluding carboxylic acids is 2. The number of carbonyl (C=O) groups is 2. The highest BCUT2D eigenvalue weighted by Gasteiger charge is 2.20. The highest BCUT2D eigenvalue weighted by molar-refractivity contribution is 5.76. The quantitative estimate of drug-likeness (QED) is 0.0320. The number of ether oxygens (including phenoxy) is 1. The fraction of sp³-hybridized carbons (Fsp3) is 0.908. The van der Waals surface area contributed by atoms with Crippen LogP contribution in [0.25, 0.3) is 0 Å². The Bertz CT molecular complexity index is 1510. The van der Waals surface area contributed by atoms with Crippen LogP contribution in [-0.4, -0.2) is 47.4 Å². The summed E-state index contributed by atoms with van der Waals surface area (Å²) < 4.78 is 5.50. The van der Waals surface area contributed by atoms with E-state index in [1.807, 2.05) is 0 Å². The standard InChI is InChI=1S/C87H167NO5/c1-3-5-7-9-11-13-15-17-19-20-21-22-23-39-42-45-48-52-55-59-63-67-71-75-79-85(90)84(83-89)88-86(91)80-76-72-68-64-60-56-53-49-46-43-40-37-35-33-31-29-27-25-24-26-28-30-32-34-36-38-41-44-47-50-54-58-62-66-70-74-78-82-93-87(92)81-77-73-69-65-61-57-51-18-16-14-12-10-8-6-4-2/h18,24,26,30,32,51,84-85,89-90H,3-17,19-23,25,27-29,31,33-50,52-83H2,1-2H3,(H,88,91)/b26-24-,32-30-,51-18-. The van der Waals surface area contributed by atoms with Crippen LogP contribution >= 0.6 is 0 Å². The van der Waals surface area contributed by atoms with Gasteiger partial charge in [-0.05, 0) is 83.5 Å². The molecule has 0 aliphatic carbocycles. The van der Waals surface area contributed by atoms with Crippen molar-refractivity contribution in [3.63, 3.8) is 0 Å². The Kier molecular flexibility index (Phi) is 80.8. The second kappa shape index (κ2) is 82.5. The molecule has 93 heavy (non-hydrogen) atoms. The molecule has 0 aromatic heterocycles. The predicted octanol–water partition coefficient (Wildman–Crippen LogP) is 28.6. The van der Waals surface area contributed by atoms with Gasteiger partial charge in [-0.3, -0.25) is 9.59 Å². The van der Waals surface area contributed by atoms with Crippen molar-refractivity contribution >= 4 is 11.9 Å². The number of aliphatic hydroxyl groups excluding tert-OH is 2. The van der Waals surface area contributed by atoms with E-state index in [-0.39, 0.29) is 18.5 Å². The average Bonchev–Trinajstić information content (AvgIpc) is 3.78. The van der Waals surface area contributed by atoms with Crippen LogP contribution in [0.2, 0.25) is 0 Å². The van der Waals surface area contributed by atoms with Gasteiger partial charge in [0.2, 0.25) is 5.91 Å². The second-order valence-electron chi connectivity index (χ2n) is 29.5. The number of nitrogens with one attached hydrogen (secondary N) is 1. The smallest absolute Gasteiger partial charge is 0.305 e. The maximum Gasteiger partial charge on any atom is 0.305 e. The summed E-state index contributed by atoms with van der Waals surface area (Å²) in [7, 11) is 0.